The molecule has 3 heterocycles. The largest absolute Gasteiger partial charge is 0.354 e. The van der Waals surface area contributed by atoms with Crippen molar-refractivity contribution in [3.63, 3.8) is 0 Å². The third-order valence-electron chi connectivity index (χ3n) is 5.16. The number of fused-ring (bicyclic) bond motifs is 1. The zero-order valence-corrected chi connectivity index (χ0v) is 16.6. The molecule has 1 aromatic carbocycles. The molecule has 4 nitrogen and oxygen atoms in total. The number of rotatable bonds is 2. The zero-order valence-electron chi connectivity index (χ0n) is 15.0. The normalized spacial score (nSPS) is 22.3. The van der Waals surface area contributed by atoms with Crippen molar-refractivity contribution in [2.45, 2.75) is 13.8 Å². The van der Waals surface area contributed by atoms with E-state index in [0.29, 0.717) is 0 Å². The predicted molar refractivity (Wildman–Crippen MR) is 108 cm³/mol. The van der Waals surface area contributed by atoms with E-state index in [4.69, 9.17) is 0 Å². The summed E-state index contributed by atoms with van der Waals surface area (Å²) < 4.78 is 0. The monoisotopic (exact) mass is 380 g/mol. The van der Waals surface area contributed by atoms with Gasteiger partial charge in [-0.1, -0.05) is 17.2 Å². The van der Waals surface area contributed by atoms with Crippen LogP contribution >= 0.6 is 24.8 Å². The summed E-state index contributed by atoms with van der Waals surface area (Å²) in [7, 11) is 2.22. The molecule has 0 spiro atoms. The first kappa shape index (κ1) is 20.0. The van der Waals surface area contributed by atoms with Crippen LogP contribution in [0.5, 0.6) is 0 Å². The second-order valence-electron chi connectivity index (χ2n) is 7.30. The SMILES string of the molecule is Cc1cc(C)cc(-c2ccc(N3C[C@H]4CN(C)C[C@H]4C3)nn2)c1.Cl.Cl. The summed E-state index contributed by atoms with van der Waals surface area (Å²) in [6, 6.07) is 10.8. The molecule has 2 saturated heterocycles. The Morgan fingerprint density at radius 1 is 0.840 bits per heavy atom. The van der Waals surface area contributed by atoms with Crippen molar-refractivity contribution in [2.75, 3.05) is 38.1 Å². The summed E-state index contributed by atoms with van der Waals surface area (Å²) in [4.78, 5) is 4.85. The van der Waals surface area contributed by atoms with Crippen LogP contribution in [0.4, 0.5) is 5.82 Å². The van der Waals surface area contributed by atoms with Crippen LogP contribution in [0.15, 0.2) is 30.3 Å². The number of hydrogen-bond acceptors (Lipinski definition) is 4. The lowest BCUT2D eigenvalue weighted by atomic mass is 10.0. The molecule has 0 saturated carbocycles. The first-order valence-electron chi connectivity index (χ1n) is 8.44. The summed E-state index contributed by atoms with van der Waals surface area (Å²) in [5.74, 6) is 2.61. The molecule has 0 radical (unpaired) electrons. The van der Waals surface area contributed by atoms with Gasteiger partial charge in [0.2, 0.25) is 0 Å². The van der Waals surface area contributed by atoms with Crippen molar-refractivity contribution in [3.05, 3.63) is 41.5 Å². The maximum absolute atomic E-state index is 4.51. The topological polar surface area (TPSA) is 32.3 Å². The molecule has 4 rings (SSSR count). The fourth-order valence-corrected chi connectivity index (χ4v) is 4.19. The number of nitrogens with zero attached hydrogens (tertiary/aromatic N) is 4. The summed E-state index contributed by atoms with van der Waals surface area (Å²) in [5, 5.41) is 8.99. The van der Waals surface area contributed by atoms with Crippen molar-refractivity contribution in [2.24, 2.45) is 11.8 Å². The van der Waals surface area contributed by atoms with Crippen molar-refractivity contribution in [1.82, 2.24) is 15.1 Å². The van der Waals surface area contributed by atoms with Gasteiger partial charge in [0.25, 0.3) is 0 Å². The third-order valence-corrected chi connectivity index (χ3v) is 5.16. The Bertz CT molecular complexity index is 686. The summed E-state index contributed by atoms with van der Waals surface area (Å²) in [6.45, 7) is 8.92. The van der Waals surface area contributed by atoms with Crippen molar-refractivity contribution in [3.8, 4) is 11.3 Å². The van der Waals surface area contributed by atoms with Crippen molar-refractivity contribution in [1.29, 1.82) is 0 Å². The lowest BCUT2D eigenvalue weighted by Crippen LogP contribution is -2.27. The van der Waals surface area contributed by atoms with Crippen LogP contribution in [-0.4, -0.2) is 48.3 Å². The first-order chi connectivity index (χ1) is 11.1. The maximum atomic E-state index is 4.51. The summed E-state index contributed by atoms with van der Waals surface area (Å²) >= 11 is 0. The number of anilines is 1. The van der Waals surface area contributed by atoms with Gasteiger partial charge in [0.05, 0.1) is 5.69 Å². The number of aryl methyl sites for hydroxylation is 2. The molecule has 136 valence electrons. The number of halogens is 2. The Balaban J connectivity index is 0.00000113. The number of aromatic nitrogens is 2. The minimum atomic E-state index is 0. The number of likely N-dealkylation sites (tertiary alicyclic amines) is 1. The molecular formula is C19H26Cl2N4. The van der Waals surface area contributed by atoms with Gasteiger partial charge in [-0.05, 0) is 57.0 Å². The van der Waals surface area contributed by atoms with Gasteiger partial charge in [0.1, 0.15) is 0 Å². The van der Waals surface area contributed by atoms with Gasteiger partial charge in [-0.2, -0.15) is 0 Å². The van der Waals surface area contributed by atoms with E-state index >= 15 is 0 Å². The van der Waals surface area contributed by atoms with E-state index in [1.807, 2.05) is 0 Å². The molecular weight excluding hydrogens is 355 g/mol. The molecule has 2 aliphatic rings. The highest BCUT2D eigenvalue weighted by atomic mass is 35.5. The lowest BCUT2D eigenvalue weighted by molar-refractivity contribution is 0.387. The van der Waals surface area contributed by atoms with Crippen LogP contribution in [0.1, 0.15) is 11.1 Å². The molecule has 2 aliphatic heterocycles. The molecule has 0 aliphatic carbocycles. The highest BCUT2D eigenvalue weighted by Crippen LogP contribution is 2.32. The quantitative estimate of drug-likeness (QED) is 0.796. The molecule has 1 aromatic heterocycles. The maximum Gasteiger partial charge on any atom is 0.151 e. The second-order valence-corrected chi connectivity index (χ2v) is 7.30. The average Bonchev–Trinajstić information content (AvgIpc) is 3.03. The smallest absolute Gasteiger partial charge is 0.151 e. The van der Waals surface area contributed by atoms with Crippen LogP contribution in [0.3, 0.4) is 0 Å². The van der Waals surface area contributed by atoms with Crippen molar-refractivity contribution >= 4 is 30.6 Å². The van der Waals surface area contributed by atoms with E-state index in [1.165, 1.54) is 24.2 Å². The predicted octanol–water partition coefficient (Wildman–Crippen LogP) is 3.60. The molecule has 2 fully saturated rings. The van der Waals surface area contributed by atoms with Crippen LogP contribution < -0.4 is 4.90 Å². The average molecular weight is 381 g/mol. The van der Waals surface area contributed by atoms with E-state index in [-0.39, 0.29) is 24.8 Å². The zero-order chi connectivity index (χ0) is 16.0. The Morgan fingerprint density at radius 3 is 1.96 bits per heavy atom. The Morgan fingerprint density at radius 2 is 1.44 bits per heavy atom. The van der Waals surface area contributed by atoms with Gasteiger partial charge in [-0.3, -0.25) is 0 Å². The lowest BCUT2D eigenvalue weighted by Gasteiger charge is -2.19. The second kappa shape index (κ2) is 7.90. The van der Waals surface area contributed by atoms with E-state index in [2.05, 4.69) is 71.2 Å². The number of hydrogen-bond donors (Lipinski definition) is 0. The van der Waals surface area contributed by atoms with Gasteiger partial charge >= 0.3 is 0 Å². The molecule has 0 amide bonds. The van der Waals surface area contributed by atoms with Crippen LogP contribution in [0.2, 0.25) is 0 Å². The molecule has 0 unspecified atom stereocenters. The van der Waals surface area contributed by atoms with Gasteiger partial charge in [0, 0.05) is 31.7 Å². The Labute approximate surface area is 162 Å². The molecule has 0 bridgehead atoms. The third kappa shape index (κ3) is 4.08. The van der Waals surface area contributed by atoms with Gasteiger partial charge < -0.3 is 9.80 Å². The molecule has 6 heteroatoms. The van der Waals surface area contributed by atoms with Gasteiger partial charge in [-0.25, -0.2) is 0 Å². The van der Waals surface area contributed by atoms with Crippen LogP contribution in [-0.2, 0) is 0 Å². The minimum absolute atomic E-state index is 0. The highest BCUT2D eigenvalue weighted by molar-refractivity contribution is 5.85. The highest BCUT2D eigenvalue weighted by Gasteiger charge is 2.39. The summed E-state index contributed by atoms with van der Waals surface area (Å²) in [5.41, 5.74) is 4.64. The van der Waals surface area contributed by atoms with E-state index in [1.54, 1.807) is 0 Å². The van der Waals surface area contributed by atoms with Gasteiger partial charge in [-0.15, -0.1) is 35.0 Å². The van der Waals surface area contributed by atoms with Gasteiger partial charge in [0.15, 0.2) is 5.82 Å². The van der Waals surface area contributed by atoms with Crippen molar-refractivity contribution < 1.29 is 0 Å². The standard InChI is InChI=1S/C19H24N4.2ClH/c1-13-6-14(2)8-15(7-13)18-4-5-19(21-20-18)23-11-16-9-22(3)10-17(16)12-23;;/h4-8,16-17H,9-12H2,1-3H3;2*1H/t16-,17+;;. The Kier molecular flexibility index (Phi) is 6.30. The summed E-state index contributed by atoms with van der Waals surface area (Å²) in [6.07, 6.45) is 0. The van der Waals surface area contributed by atoms with E-state index in [9.17, 15) is 0 Å². The Hall–Kier alpha value is -1.36. The van der Waals surface area contributed by atoms with Crippen LogP contribution in [0, 0.1) is 25.7 Å². The van der Waals surface area contributed by atoms with Crippen LogP contribution in [0.25, 0.3) is 11.3 Å². The van der Waals surface area contributed by atoms with E-state index in [0.717, 1.165) is 42.0 Å². The molecule has 25 heavy (non-hydrogen) atoms. The fraction of sp³-hybridized carbons (Fsp3) is 0.474. The minimum Gasteiger partial charge on any atom is -0.354 e. The fourth-order valence-electron chi connectivity index (χ4n) is 4.19. The van der Waals surface area contributed by atoms with E-state index < -0.39 is 0 Å². The molecule has 2 atom stereocenters. The first-order valence-corrected chi connectivity index (χ1v) is 8.44. The number of benzene rings is 1. The molecule has 2 aromatic rings. The molecule has 0 N–H and O–H groups in total.